The number of aryl methyl sites for hydroxylation is 6. The molecule has 0 amide bonds. The van der Waals surface area contributed by atoms with Crippen molar-refractivity contribution in [3.63, 3.8) is 0 Å². The first-order valence-corrected chi connectivity index (χ1v) is 18.0. The van der Waals surface area contributed by atoms with Crippen LogP contribution >= 0.6 is 0 Å². The average Bonchev–Trinajstić information content (AvgIpc) is 4.05. The molecule has 0 aliphatic rings. The number of benzene rings is 2. The molecule has 0 saturated heterocycles. The molecule has 0 unspecified atom stereocenters. The number of hydrogen-bond acceptors (Lipinski definition) is 6. The summed E-state index contributed by atoms with van der Waals surface area (Å²) >= 11 is 0. The minimum atomic E-state index is 0.949. The predicted molar refractivity (Wildman–Crippen MR) is 227 cm³/mol. The first-order valence-electron chi connectivity index (χ1n) is 18.0. The number of rotatable bonds is 0. The highest BCUT2D eigenvalue weighted by Gasteiger charge is 1.96. The van der Waals surface area contributed by atoms with Crippen molar-refractivity contribution in [2.24, 2.45) is 42.3 Å². The Bertz CT molecular complexity index is 2270. The third-order valence-electron chi connectivity index (χ3n) is 8.39. The molecule has 9 heterocycles. The van der Waals surface area contributed by atoms with Crippen LogP contribution in [0.15, 0.2) is 172 Å². The summed E-state index contributed by atoms with van der Waals surface area (Å²) in [6, 6.07) is 24.7. The van der Waals surface area contributed by atoms with Crippen LogP contribution in [0.5, 0.6) is 0 Å². The van der Waals surface area contributed by atoms with Crippen LogP contribution in [-0.4, -0.2) is 57.8 Å². The van der Waals surface area contributed by atoms with Crippen LogP contribution in [0.3, 0.4) is 0 Å². The van der Waals surface area contributed by atoms with Crippen LogP contribution in [0, 0.1) is 0 Å². The van der Waals surface area contributed by atoms with Gasteiger partial charge in [0.05, 0.1) is 23.4 Å². The SMILES string of the molecule is Cn1cc2ccccc2c1.Cn1cc2ccccc2c1.Cn1cc2cccnc2c1.Cn1cc2cccnc2c1.Cn1cc2nccnc2c1.Cn1nccn1. The van der Waals surface area contributed by atoms with Crippen molar-refractivity contribution in [2.75, 3.05) is 0 Å². The molecule has 0 aliphatic heterocycles. The Hall–Kier alpha value is -7.34. The first kappa shape index (κ1) is 38.4. The van der Waals surface area contributed by atoms with Crippen LogP contribution < -0.4 is 0 Å². The lowest BCUT2D eigenvalue weighted by molar-refractivity contribution is 0.654. The molecule has 0 saturated carbocycles. The molecular weight excluding hydrogens is 697 g/mol. The third kappa shape index (κ3) is 10.9. The summed E-state index contributed by atoms with van der Waals surface area (Å²) < 4.78 is 10.1. The van der Waals surface area contributed by atoms with Gasteiger partial charge in [0.25, 0.3) is 0 Å². The summed E-state index contributed by atoms with van der Waals surface area (Å²) in [6.45, 7) is 0. The minimum Gasteiger partial charge on any atom is -0.356 e. The maximum absolute atomic E-state index is 4.18. The second kappa shape index (κ2) is 18.6. The Morgan fingerprint density at radius 1 is 0.286 bits per heavy atom. The number of pyridine rings is 2. The smallest absolute Gasteiger partial charge is 0.106 e. The Labute approximate surface area is 325 Å². The molecule has 0 spiro atoms. The van der Waals surface area contributed by atoms with E-state index >= 15 is 0 Å². The van der Waals surface area contributed by atoms with Crippen molar-refractivity contribution >= 4 is 54.4 Å². The lowest BCUT2D eigenvalue weighted by atomic mass is 10.2. The van der Waals surface area contributed by atoms with E-state index in [1.165, 1.54) is 37.1 Å². The first-order chi connectivity index (χ1) is 27.2. The van der Waals surface area contributed by atoms with Gasteiger partial charge in [-0.2, -0.15) is 15.0 Å². The van der Waals surface area contributed by atoms with Gasteiger partial charge in [0.2, 0.25) is 0 Å². The van der Waals surface area contributed by atoms with Gasteiger partial charge in [-0.05, 0) is 45.8 Å². The maximum Gasteiger partial charge on any atom is 0.106 e. The summed E-state index contributed by atoms with van der Waals surface area (Å²) in [4.78, 5) is 18.1. The van der Waals surface area contributed by atoms with E-state index in [0.717, 1.165) is 22.1 Å². The second-order valence-electron chi connectivity index (χ2n) is 13.2. The van der Waals surface area contributed by atoms with Crippen molar-refractivity contribution in [3.8, 4) is 0 Å². The van der Waals surface area contributed by atoms with Gasteiger partial charge in [-0.3, -0.25) is 19.9 Å². The van der Waals surface area contributed by atoms with Gasteiger partial charge in [-0.15, -0.1) is 0 Å². The van der Waals surface area contributed by atoms with E-state index in [1.54, 1.807) is 31.8 Å². The lowest BCUT2D eigenvalue weighted by Crippen LogP contribution is -1.89. The maximum atomic E-state index is 4.18. The fourth-order valence-electron chi connectivity index (χ4n) is 5.90. The predicted octanol–water partition coefficient (Wildman–Crippen LogP) is 8.29. The van der Waals surface area contributed by atoms with E-state index in [2.05, 4.69) is 137 Å². The van der Waals surface area contributed by atoms with Gasteiger partial charge < -0.3 is 22.8 Å². The molecule has 12 nitrogen and oxygen atoms in total. The quantitative estimate of drug-likeness (QED) is 0.155. The highest BCUT2D eigenvalue weighted by molar-refractivity contribution is 5.83. The molecule has 0 bridgehead atoms. The summed E-state index contributed by atoms with van der Waals surface area (Å²) in [5.41, 5.74) is 4.02. The zero-order chi connectivity index (χ0) is 39.3. The third-order valence-corrected chi connectivity index (χ3v) is 8.39. The molecule has 0 radical (unpaired) electrons. The van der Waals surface area contributed by atoms with Gasteiger partial charge in [-0.25, -0.2) is 0 Å². The number of hydrogen-bond donors (Lipinski definition) is 0. The number of aromatic nitrogens is 12. The van der Waals surface area contributed by atoms with Crippen molar-refractivity contribution in [2.45, 2.75) is 0 Å². The molecule has 0 aliphatic carbocycles. The van der Waals surface area contributed by atoms with E-state index in [9.17, 15) is 0 Å². The molecule has 0 atom stereocenters. The number of fused-ring (bicyclic) bond motifs is 5. The molecule has 11 aromatic rings. The Balaban J connectivity index is 0.000000115. The zero-order valence-corrected chi connectivity index (χ0v) is 32.5. The Kier molecular flexibility index (Phi) is 12.8. The highest BCUT2D eigenvalue weighted by atomic mass is 15.4. The molecule has 0 fully saturated rings. The fourth-order valence-corrected chi connectivity index (χ4v) is 5.90. The Morgan fingerprint density at radius 2 is 0.571 bits per heavy atom. The van der Waals surface area contributed by atoms with Crippen LogP contribution in [0.2, 0.25) is 0 Å². The fraction of sp³-hybridized carbons (Fsp3) is 0.136. The van der Waals surface area contributed by atoms with E-state index in [1.807, 2.05) is 98.3 Å². The molecule has 12 heteroatoms. The van der Waals surface area contributed by atoms with E-state index in [0.29, 0.717) is 0 Å². The van der Waals surface area contributed by atoms with Gasteiger partial charge in [0.15, 0.2) is 0 Å². The lowest BCUT2D eigenvalue weighted by Gasteiger charge is -1.81. The van der Waals surface area contributed by atoms with Crippen molar-refractivity contribution < 1.29 is 0 Å². The summed E-state index contributed by atoms with van der Waals surface area (Å²) in [5, 5.41) is 15.1. The standard InChI is InChI=1S/2C9H9N.2C8H8N2.C7H7N3.C3H5N3/c2*1-10-6-8-4-2-3-5-9(8)7-10;2*1-10-5-7-3-2-4-9-8(7)6-10;1-10-4-6-7(5-10)9-3-2-8-6;1-6-4-2-3-5-6/h2*2-7H,1H3;2*2-6H,1H3;2-5H,1H3;2-3H,1H3. The molecule has 282 valence electrons. The average molecular weight is 743 g/mol. The minimum absolute atomic E-state index is 0.949. The van der Waals surface area contributed by atoms with Crippen molar-refractivity contribution in [1.29, 1.82) is 0 Å². The molecule has 0 N–H and O–H groups in total. The normalized spacial score (nSPS) is 10.3. The van der Waals surface area contributed by atoms with E-state index in [4.69, 9.17) is 0 Å². The van der Waals surface area contributed by atoms with Crippen LogP contribution in [-0.2, 0) is 42.3 Å². The van der Waals surface area contributed by atoms with E-state index < -0.39 is 0 Å². The monoisotopic (exact) mass is 742 g/mol. The zero-order valence-electron chi connectivity index (χ0n) is 32.5. The van der Waals surface area contributed by atoms with Crippen LogP contribution in [0.1, 0.15) is 0 Å². The topological polar surface area (TPSA) is 107 Å². The largest absolute Gasteiger partial charge is 0.356 e. The Morgan fingerprint density at radius 3 is 0.911 bits per heavy atom. The summed E-state index contributed by atoms with van der Waals surface area (Å²) in [5.74, 6) is 0. The van der Waals surface area contributed by atoms with E-state index in [-0.39, 0.29) is 0 Å². The molecule has 56 heavy (non-hydrogen) atoms. The summed E-state index contributed by atoms with van der Waals surface area (Å²) in [7, 11) is 11.8. The van der Waals surface area contributed by atoms with Crippen molar-refractivity contribution in [1.82, 2.24) is 57.8 Å². The molecule has 11 rings (SSSR count). The van der Waals surface area contributed by atoms with Gasteiger partial charge in [-0.1, -0.05) is 48.5 Å². The van der Waals surface area contributed by atoms with Gasteiger partial charge >= 0.3 is 0 Å². The van der Waals surface area contributed by atoms with Gasteiger partial charge in [0.1, 0.15) is 11.0 Å². The molecule has 9 aromatic heterocycles. The van der Waals surface area contributed by atoms with Crippen molar-refractivity contribution in [3.05, 3.63) is 172 Å². The number of nitrogens with zero attached hydrogens (tertiary/aromatic N) is 12. The highest BCUT2D eigenvalue weighted by Crippen LogP contribution is 2.14. The molecular formula is C44H46N12. The van der Waals surface area contributed by atoms with Crippen LogP contribution in [0.4, 0.5) is 0 Å². The summed E-state index contributed by atoms with van der Waals surface area (Å²) in [6.07, 6.45) is 30.8. The second-order valence-corrected chi connectivity index (χ2v) is 13.2. The molecule has 2 aromatic carbocycles. The van der Waals surface area contributed by atoms with Gasteiger partial charge in [0, 0.05) is 140 Å². The van der Waals surface area contributed by atoms with Crippen LogP contribution in [0.25, 0.3) is 54.4 Å².